The minimum atomic E-state index is -0.262. The largest absolute Gasteiger partial charge is 0.353 e. The molecule has 1 aliphatic heterocycles. The monoisotopic (exact) mass is 525 g/mol. The van der Waals surface area contributed by atoms with E-state index in [0.717, 1.165) is 34.6 Å². The summed E-state index contributed by atoms with van der Waals surface area (Å²) in [6.07, 6.45) is 0. The van der Waals surface area contributed by atoms with Crippen LogP contribution in [-0.4, -0.2) is 66.0 Å². The van der Waals surface area contributed by atoms with Crippen LogP contribution in [0.25, 0.3) is 5.69 Å². The normalized spacial score (nSPS) is 16.2. The van der Waals surface area contributed by atoms with E-state index in [1.54, 1.807) is 28.0 Å². The first-order valence-electron chi connectivity index (χ1n) is 12.1. The number of hydrogen-bond acceptors (Lipinski definition) is 6. The SMILES string of the molecule is Cc1ccc(-n2nc(C(C)(C)C)c3c2N(CC(=O)NCCN(C)C)C(=O)CS[C@H]3c2ccsc2)cc1. The number of aryl methyl sites for hydroxylation is 1. The van der Waals surface area contributed by atoms with Gasteiger partial charge in [0.15, 0.2) is 0 Å². The number of aromatic nitrogens is 2. The Hall–Kier alpha value is -2.62. The van der Waals surface area contributed by atoms with Crippen molar-refractivity contribution in [2.75, 3.05) is 44.4 Å². The molecule has 36 heavy (non-hydrogen) atoms. The van der Waals surface area contributed by atoms with Crippen LogP contribution in [0.4, 0.5) is 5.82 Å². The van der Waals surface area contributed by atoms with Crippen LogP contribution < -0.4 is 10.2 Å². The van der Waals surface area contributed by atoms with Crippen LogP contribution in [0.5, 0.6) is 0 Å². The second-order valence-electron chi connectivity index (χ2n) is 10.5. The molecular weight excluding hydrogens is 490 g/mol. The van der Waals surface area contributed by atoms with Gasteiger partial charge in [0, 0.05) is 24.1 Å². The lowest BCUT2D eigenvalue weighted by Gasteiger charge is -2.24. The van der Waals surface area contributed by atoms with Gasteiger partial charge in [-0.25, -0.2) is 4.68 Å². The molecule has 0 spiro atoms. The average molecular weight is 526 g/mol. The van der Waals surface area contributed by atoms with Gasteiger partial charge in [-0.15, -0.1) is 11.8 Å². The van der Waals surface area contributed by atoms with Gasteiger partial charge in [0.1, 0.15) is 12.4 Å². The van der Waals surface area contributed by atoms with Crippen molar-refractivity contribution < 1.29 is 9.59 Å². The van der Waals surface area contributed by atoms with Crippen molar-refractivity contribution in [3.63, 3.8) is 0 Å². The molecule has 0 aliphatic carbocycles. The summed E-state index contributed by atoms with van der Waals surface area (Å²) in [5.74, 6) is 0.717. The minimum absolute atomic E-state index is 0.0443. The van der Waals surface area contributed by atoms with Crippen molar-refractivity contribution in [1.82, 2.24) is 20.0 Å². The average Bonchev–Trinajstić information content (AvgIpc) is 3.44. The Kier molecular flexibility index (Phi) is 7.92. The van der Waals surface area contributed by atoms with Crippen LogP contribution in [0, 0.1) is 6.92 Å². The molecule has 1 aromatic carbocycles. The van der Waals surface area contributed by atoms with Gasteiger partial charge in [-0.05, 0) is 55.5 Å². The van der Waals surface area contributed by atoms with Crippen molar-refractivity contribution in [3.8, 4) is 5.69 Å². The Balaban J connectivity index is 1.88. The summed E-state index contributed by atoms with van der Waals surface area (Å²) in [5.41, 5.74) is 4.86. The predicted molar refractivity (Wildman–Crippen MR) is 150 cm³/mol. The maximum absolute atomic E-state index is 13.6. The fourth-order valence-electron chi connectivity index (χ4n) is 4.24. The molecule has 3 aromatic rings. The number of rotatable bonds is 7. The highest BCUT2D eigenvalue weighted by Crippen LogP contribution is 2.48. The fourth-order valence-corrected chi connectivity index (χ4v) is 6.20. The molecule has 0 bridgehead atoms. The van der Waals surface area contributed by atoms with Crippen LogP contribution >= 0.6 is 23.1 Å². The van der Waals surface area contributed by atoms with Crippen molar-refractivity contribution in [1.29, 1.82) is 0 Å². The third-order valence-corrected chi connectivity index (χ3v) is 8.06. The number of carbonyl (C=O) groups excluding carboxylic acids is 2. The predicted octanol–water partition coefficient (Wildman–Crippen LogP) is 4.39. The lowest BCUT2D eigenvalue weighted by molar-refractivity contribution is -0.122. The molecule has 2 amide bonds. The Morgan fingerprint density at radius 3 is 2.53 bits per heavy atom. The molecule has 2 aromatic heterocycles. The summed E-state index contributed by atoms with van der Waals surface area (Å²) < 4.78 is 1.87. The highest BCUT2D eigenvalue weighted by Gasteiger charge is 2.40. The molecule has 192 valence electrons. The summed E-state index contributed by atoms with van der Waals surface area (Å²) in [5, 5.41) is 12.2. The van der Waals surface area contributed by atoms with Gasteiger partial charge in [0.05, 0.1) is 22.4 Å². The lowest BCUT2D eigenvalue weighted by Crippen LogP contribution is -2.43. The van der Waals surface area contributed by atoms with E-state index >= 15 is 0 Å². The zero-order valence-electron chi connectivity index (χ0n) is 21.9. The molecule has 0 saturated carbocycles. The zero-order chi connectivity index (χ0) is 26.0. The topological polar surface area (TPSA) is 70.5 Å². The number of anilines is 1. The van der Waals surface area contributed by atoms with E-state index in [0.29, 0.717) is 12.4 Å². The number of thioether (sulfide) groups is 1. The zero-order valence-corrected chi connectivity index (χ0v) is 23.5. The maximum Gasteiger partial charge on any atom is 0.240 e. The third kappa shape index (κ3) is 5.68. The molecule has 4 rings (SSSR count). The molecule has 1 atom stereocenters. The maximum atomic E-state index is 13.6. The summed E-state index contributed by atoms with van der Waals surface area (Å²) in [6, 6.07) is 10.2. The van der Waals surface area contributed by atoms with Gasteiger partial charge in [-0.3, -0.25) is 14.5 Å². The highest BCUT2D eigenvalue weighted by atomic mass is 32.2. The van der Waals surface area contributed by atoms with Crippen molar-refractivity contribution in [3.05, 3.63) is 63.5 Å². The van der Waals surface area contributed by atoms with Gasteiger partial charge in [0.2, 0.25) is 11.8 Å². The molecular formula is C27H35N5O2S2. The smallest absolute Gasteiger partial charge is 0.240 e. The summed E-state index contributed by atoms with van der Waals surface area (Å²) >= 11 is 3.26. The molecule has 7 nitrogen and oxygen atoms in total. The first-order valence-corrected chi connectivity index (χ1v) is 14.1. The van der Waals surface area contributed by atoms with Crippen molar-refractivity contribution in [2.24, 2.45) is 0 Å². The molecule has 0 saturated heterocycles. The van der Waals surface area contributed by atoms with E-state index in [1.807, 2.05) is 54.9 Å². The van der Waals surface area contributed by atoms with Gasteiger partial charge in [-0.1, -0.05) is 38.5 Å². The fraction of sp³-hybridized carbons (Fsp3) is 0.444. The van der Waals surface area contributed by atoms with Gasteiger partial charge in [-0.2, -0.15) is 16.4 Å². The summed E-state index contributed by atoms with van der Waals surface area (Å²) in [4.78, 5) is 30.2. The summed E-state index contributed by atoms with van der Waals surface area (Å²) in [6.45, 7) is 9.71. The highest BCUT2D eigenvalue weighted by molar-refractivity contribution is 8.00. The molecule has 3 heterocycles. The van der Waals surface area contributed by atoms with Gasteiger partial charge < -0.3 is 10.2 Å². The number of hydrogen-bond donors (Lipinski definition) is 1. The van der Waals surface area contributed by atoms with E-state index in [2.05, 4.69) is 42.9 Å². The quantitative estimate of drug-likeness (QED) is 0.496. The summed E-state index contributed by atoms with van der Waals surface area (Å²) in [7, 11) is 3.93. The Bertz CT molecular complexity index is 1210. The van der Waals surface area contributed by atoms with E-state index in [1.165, 1.54) is 0 Å². The van der Waals surface area contributed by atoms with Crippen LogP contribution in [0.3, 0.4) is 0 Å². The first kappa shape index (κ1) is 26.4. The second kappa shape index (κ2) is 10.8. The third-order valence-electron chi connectivity index (χ3n) is 6.11. The number of amides is 2. The molecule has 1 N–H and O–H groups in total. The number of nitrogens with one attached hydrogen (secondary N) is 1. The van der Waals surface area contributed by atoms with Crippen LogP contribution in [0.1, 0.15) is 48.4 Å². The molecule has 0 unspecified atom stereocenters. The Morgan fingerprint density at radius 2 is 1.92 bits per heavy atom. The molecule has 0 radical (unpaired) electrons. The Labute approximate surface area is 221 Å². The lowest BCUT2D eigenvalue weighted by atomic mass is 9.87. The van der Waals surface area contributed by atoms with Gasteiger partial charge in [0.25, 0.3) is 0 Å². The van der Waals surface area contributed by atoms with E-state index in [-0.39, 0.29) is 34.8 Å². The van der Waals surface area contributed by atoms with E-state index in [9.17, 15) is 9.59 Å². The number of likely N-dealkylation sites (N-methyl/N-ethyl adjacent to an activating group) is 1. The van der Waals surface area contributed by atoms with Crippen LogP contribution in [0.2, 0.25) is 0 Å². The Morgan fingerprint density at radius 1 is 1.19 bits per heavy atom. The number of carbonyl (C=O) groups is 2. The first-order chi connectivity index (χ1) is 17.1. The van der Waals surface area contributed by atoms with E-state index < -0.39 is 0 Å². The van der Waals surface area contributed by atoms with E-state index in [4.69, 9.17) is 5.10 Å². The number of nitrogens with zero attached hydrogens (tertiary/aromatic N) is 4. The van der Waals surface area contributed by atoms with Crippen LogP contribution in [0.15, 0.2) is 41.1 Å². The number of benzene rings is 1. The van der Waals surface area contributed by atoms with Gasteiger partial charge >= 0.3 is 0 Å². The standard InChI is InChI=1S/C27H35N5O2S2/c1-18-7-9-20(10-8-18)32-26-23(25(29-32)27(2,3)4)24(19-11-14-35-16-19)36-17-22(34)31(26)15-21(33)28-12-13-30(5)6/h7-11,14,16,24H,12-13,15,17H2,1-6H3,(H,28,33)/t24-/m0/s1. The molecule has 9 heteroatoms. The minimum Gasteiger partial charge on any atom is -0.353 e. The van der Waals surface area contributed by atoms with Crippen molar-refractivity contribution in [2.45, 2.75) is 38.4 Å². The number of thiophene rings is 1. The van der Waals surface area contributed by atoms with Crippen molar-refractivity contribution >= 4 is 40.7 Å². The second-order valence-corrected chi connectivity index (χ2v) is 12.3. The number of fused-ring (bicyclic) bond motifs is 1. The molecule has 1 aliphatic rings. The molecule has 0 fully saturated rings. The van der Waals surface area contributed by atoms with Crippen LogP contribution in [-0.2, 0) is 15.0 Å².